The Kier molecular flexibility index (Phi) is 6.74. The van der Waals surface area contributed by atoms with Gasteiger partial charge in [0.25, 0.3) is 0 Å². The van der Waals surface area contributed by atoms with Gasteiger partial charge in [0, 0.05) is 32.5 Å². The van der Waals surface area contributed by atoms with Crippen LogP contribution in [0.4, 0.5) is 4.79 Å². The van der Waals surface area contributed by atoms with E-state index in [4.69, 9.17) is 4.74 Å². The summed E-state index contributed by atoms with van der Waals surface area (Å²) >= 11 is 0. The van der Waals surface area contributed by atoms with Gasteiger partial charge in [-0.15, -0.1) is 0 Å². The van der Waals surface area contributed by atoms with Gasteiger partial charge in [-0.3, -0.25) is 9.59 Å². The average Bonchev–Trinajstić information content (AvgIpc) is 2.55. The molecule has 0 aromatic heterocycles. The number of carbonyl (C=O) groups is 3. The molecule has 0 atom stereocenters. The SMILES string of the molecule is CC(C)(C)OC(=O)NCCC(=O)NCCNC(=O)CC12CC3CC(CC(C3)C1)C2. The third-order valence-corrected chi connectivity index (χ3v) is 6.49. The molecule has 0 aromatic carbocycles. The molecule has 4 fully saturated rings. The van der Waals surface area contributed by atoms with Gasteiger partial charge in [-0.1, -0.05) is 0 Å². The van der Waals surface area contributed by atoms with Crippen molar-refractivity contribution in [3.8, 4) is 0 Å². The quantitative estimate of drug-likeness (QED) is 0.539. The highest BCUT2D eigenvalue weighted by Crippen LogP contribution is 2.61. The van der Waals surface area contributed by atoms with Crippen molar-refractivity contribution in [1.29, 1.82) is 0 Å². The Balaban J connectivity index is 1.25. The minimum absolute atomic E-state index is 0.118. The van der Waals surface area contributed by atoms with Gasteiger partial charge in [-0.25, -0.2) is 4.79 Å². The van der Waals surface area contributed by atoms with Crippen LogP contribution < -0.4 is 16.0 Å². The maximum Gasteiger partial charge on any atom is 0.407 e. The zero-order valence-corrected chi connectivity index (χ0v) is 18.1. The molecule has 7 nitrogen and oxygen atoms in total. The fraction of sp³-hybridized carbons (Fsp3) is 0.864. The number of nitrogens with one attached hydrogen (secondary N) is 3. The van der Waals surface area contributed by atoms with Gasteiger partial charge in [0.15, 0.2) is 0 Å². The van der Waals surface area contributed by atoms with Crippen LogP contribution in [0.2, 0.25) is 0 Å². The summed E-state index contributed by atoms with van der Waals surface area (Å²) in [4.78, 5) is 35.8. The lowest BCUT2D eigenvalue weighted by atomic mass is 9.49. The Labute approximate surface area is 174 Å². The van der Waals surface area contributed by atoms with E-state index in [0.29, 0.717) is 19.5 Å². The molecule has 3 N–H and O–H groups in total. The standard InChI is InChI=1S/C22H37N3O4/c1-21(2,3)29-20(28)25-5-4-18(26)23-6-7-24-19(27)14-22-11-15-8-16(12-22)10-17(9-15)13-22/h15-17H,4-14H2,1-3H3,(H,23,26)(H,24,27)(H,25,28). The first kappa shape index (κ1) is 21.9. The second-order valence-electron chi connectivity index (χ2n) is 10.5. The van der Waals surface area contributed by atoms with Crippen LogP contribution in [0.3, 0.4) is 0 Å². The molecule has 4 aliphatic rings. The fourth-order valence-electron chi connectivity index (χ4n) is 5.99. The number of rotatable bonds is 8. The highest BCUT2D eigenvalue weighted by Gasteiger charge is 2.51. The predicted octanol–water partition coefficient (Wildman–Crippen LogP) is 2.74. The third kappa shape index (κ3) is 6.61. The first-order valence-corrected chi connectivity index (χ1v) is 11.1. The van der Waals surface area contributed by atoms with E-state index in [0.717, 1.165) is 17.8 Å². The summed E-state index contributed by atoms with van der Waals surface area (Å²) in [6.07, 6.45) is 8.14. The predicted molar refractivity (Wildman–Crippen MR) is 110 cm³/mol. The number of amides is 3. The second-order valence-corrected chi connectivity index (χ2v) is 10.5. The number of hydrogen-bond acceptors (Lipinski definition) is 4. The minimum atomic E-state index is -0.555. The molecule has 4 bridgehead atoms. The Morgan fingerprint density at radius 3 is 1.86 bits per heavy atom. The van der Waals surface area contributed by atoms with Gasteiger partial charge < -0.3 is 20.7 Å². The number of hydrogen-bond donors (Lipinski definition) is 3. The van der Waals surface area contributed by atoms with Crippen LogP contribution in [0.5, 0.6) is 0 Å². The van der Waals surface area contributed by atoms with Gasteiger partial charge in [-0.05, 0) is 82.5 Å². The average molecular weight is 408 g/mol. The summed E-state index contributed by atoms with van der Waals surface area (Å²) in [6, 6.07) is 0. The third-order valence-electron chi connectivity index (χ3n) is 6.49. The molecule has 7 heteroatoms. The number of alkyl carbamates (subject to hydrolysis) is 1. The lowest BCUT2D eigenvalue weighted by Gasteiger charge is -2.56. The van der Waals surface area contributed by atoms with Gasteiger partial charge in [0.05, 0.1) is 0 Å². The zero-order valence-electron chi connectivity index (χ0n) is 18.1. The van der Waals surface area contributed by atoms with E-state index in [1.165, 1.54) is 38.5 Å². The van der Waals surface area contributed by atoms with Crippen LogP contribution in [-0.4, -0.2) is 43.1 Å². The van der Waals surface area contributed by atoms with E-state index in [2.05, 4.69) is 16.0 Å². The topological polar surface area (TPSA) is 96.5 Å². The maximum atomic E-state index is 12.4. The molecule has 0 unspecified atom stereocenters. The Hall–Kier alpha value is -1.79. The van der Waals surface area contributed by atoms with Crippen molar-refractivity contribution < 1.29 is 19.1 Å². The van der Waals surface area contributed by atoms with Crippen molar-refractivity contribution in [3.05, 3.63) is 0 Å². The lowest BCUT2D eigenvalue weighted by molar-refractivity contribution is -0.129. The first-order valence-electron chi connectivity index (χ1n) is 11.1. The highest BCUT2D eigenvalue weighted by molar-refractivity contribution is 5.78. The van der Waals surface area contributed by atoms with E-state index in [9.17, 15) is 14.4 Å². The molecular weight excluding hydrogens is 370 g/mol. The van der Waals surface area contributed by atoms with E-state index in [-0.39, 0.29) is 30.2 Å². The van der Waals surface area contributed by atoms with Crippen LogP contribution in [0, 0.1) is 23.2 Å². The molecule has 0 heterocycles. The molecule has 4 rings (SSSR count). The first-order chi connectivity index (χ1) is 13.6. The van der Waals surface area contributed by atoms with Crippen LogP contribution in [0.1, 0.15) is 72.1 Å². The summed E-state index contributed by atoms with van der Waals surface area (Å²) < 4.78 is 5.11. The molecule has 4 aliphatic carbocycles. The Morgan fingerprint density at radius 1 is 0.828 bits per heavy atom. The smallest absolute Gasteiger partial charge is 0.407 e. The molecule has 0 aromatic rings. The normalized spacial score (nSPS) is 30.0. The molecule has 164 valence electrons. The number of ether oxygens (including phenoxy) is 1. The van der Waals surface area contributed by atoms with E-state index < -0.39 is 11.7 Å². The lowest BCUT2D eigenvalue weighted by Crippen LogP contribution is -2.48. The summed E-state index contributed by atoms with van der Waals surface area (Å²) in [7, 11) is 0. The monoisotopic (exact) mass is 407 g/mol. The molecule has 0 spiro atoms. The van der Waals surface area contributed by atoms with E-state index in [1.807, 2.05) is 0 Å². The largest absolute Gasteiger partial charge is 0.444 e. The molecular formula is C22H37N3O4. The Bertz CT molecular complexity index is 591. The summed E-state index contributed by atoms with van der Waals surface area (Å²) in [6.45, 7) is 6.43. The van der Waals surface area contributed by atoms with Crippen LogP contribution >= 0.6 is 0 Å². The van der Waals surface area contributed by atoms with Crippen LogP contribution in [-0.2, 0) is 14.3 Å². The minimum Gasteiger partial charge on any atom is -0.444 e. The Morgan fingerprint density at radius 2 is 1.34 bits per heavy atom. The number of carbonyl (C=O) groups excluding carboxylic acids is 3. The van der Waals surface area contributed by atoms with Gasteiger partial charge in [-0.2, -0.15) is 0 Å². The highest BCUT2D eigenvalue weighted by atomic mass is 16.6. The zero-order chi connectivity index (χ0) is 21.1. The molecule has 0 aliphatic heterocycles. The van der Waals surface area contributed by atoms with Crippen molar-refractivity contribution >= 4 is 17.9 Å². The fourth-order valence-corrected chi connectivity index (χ4v) is 5.99. The van der Waals surface area contributed by atoms with E-state index in [1.54, 1.807) is 20.8 Å². The van der Waals surface area contributed by atoms with Gasteiger partial charge in [0.2, 0.25) is 11.8 Å². The summed E-state index contributed by atoms with van der Waals surface area (Å²) in [5.41, 5.74) is -0.309. The molecule has 0 radical (unpaired) electrons. The summed E-state index contributed by atoms with van der Waals surface area (Å²) in [5, 5.41) is 8.30. The van der Waals surface area contributed by atoms with E-state index >= 15 is 0 Å². The van der Waals surface area contributed by atoms with Crippen molar-refractivity contribution in [1.82, 2.24) is 16.0 Å². The van der Waals surface area contributed by atoms with Crippen molar-refractivity contribution in [2.75, 3.05) is 19.6 Å². The van der Waals surface area contributed by atoms with Gasteiger partial charge >= 0.3 is 6.09 Å². The van der Waals surface area contributed by atoms with Crippen LogP contribution in [0.25, 0.3) is 0 Å². The van der Waals surface area contributed by atoms with Crippen molar-refractivity contribution in [3.63, 3.8) is 0 Å². The summed E-state index contributed by atoms with van der Waals surface area (Å²) in [5.74, 6) is 2.51. The second kappa shape index (κ2) is 8.92. The molecule has 4 saturated carbocycles. The maximum absolute atomic E-state index is 12.4. The molecule has 29 heavy (non-hydrogen) atoms. The molecule has 3 amide bonds. The van der Waals surface area contributed by atoms with Crippen LogP contribution in [0.15, 0.2) is 0 Å². The molecule has 0 saturated heterocycles. The van der Waals surface area contributed by atoms with Gasteiger partial charge in [0.1, 0.15) is 5.60 Å². The van der Waals surface area contributed by atoms with Crippen molar-refractivity contribution in [2.45, 2.75) is 77.7 Å². The van der Waals surface area contributed by atoms with Crippen molar-refractivity contribution in [2.24, 2.45) is 23.2 Å².